The standard InChI is InChI=1S/C22H30ClN5O4/c1-3-30-18-9-15(10-19(21(18)23)31-4-2)13-28(16-5-7-25-8-6-16)22-26-11-17(12-27-22)32-14-20(24)29/h9-12,16,25H,3-8,13-14H2,1-2H3,(H2,24,29). The molecule has 174 valence electrons. The molecule has 3 rings (SSSR count). The average molecular weight is 464 g/mol. The van der Waals surface area contributed by atoms with Crippen LogP contribution in [0.25, 0.3) is 0 Å². The Labute approximate surface area is 193 Å². The van der Waals surface area contributed by atoms with Crippen LogP contribution in [0.15, 0.2) is 24.5 Å². The summed E-state index contributed by atoms with van der Waals surface area (Å²) < 4.78 is 16.8. The number of halogens is 1. The highest BCUT2D eigenvalue weighted by atomic mass is 35.5. The summed E-state index contributed by atoms with van der Waals surface area (Å²) in [4.78, 5) is 22.1. The van der Waals surface area contributed by atoms with Gasteiger partial charge >= 0.3 is 0 Å². The molecule has 1 aromatic heterocycles. The fourth-order valence-corrected chi connectivity index (χ4v) is 3.82. The van der Waals surface area contributed by atoms with Crippen molar-refractivity contribution in [1.29, 1.82) is 0 Å². The van der Waals surface area contributed by atoms with Crippen LogP contribution in [0.2, 0.25) is 5.02 Å². The molecule has 2 aromatic rings. The zero-order valence-corrected chi connectivity index (χ0v) is 19.2. The van der Waals surface area contributed by atoms with Crippen molar-refractivity contribution >= 4 is 23.5 Å². The predicted octanol–water partition coefficient (Wildman–Crippen LogP) is 2.55. The van der Waals surface area contributed by atoms with Crippen molar-refractivity contribution in [1.82, 2.24) is 15.3 Å². The molecule has 1 fully saturated rings. The lowest BCUT2D eigenvalue weighted by molar-refractivity contribution is -0.119. The lowest BCUT2D eigenvalue weighted by atomic mass is 10.0. The molecule has 2 heterocycles. The minimum Gasteiger partial charge on any atom is -0.492 e. The lowest BCUT2D eigenvalue weighted by Gasteiger charge is -2.35. The number of hydrogen-bond donors (Lipinski definition) is 2. The highest BCUT2D eigenvalue weighted by molar-refractivity contribution is 6.33. The smallest absolute Gasteiger partial charge is 0.255 e. The number of hydrogen-bond acceptors (Lipinski definition) is 8. The van der Waals surface area contributed by atoms with Crippen molar-refractivity contribution in [3.8, 4) is 17.2 Å². The summed E-state index contributed by atoms with van der Waals surface area (Å²) in [6, 6.07) is 4.13. The molecule has 1 aliphatic rings. The first kappa shape index (κ1) is 23.9. The fraction of sp³-hybridized carbons (Fsp3) is 0.500. The fourth-order valence-electron chi connectivity index (χ4n) is 3.60. The number of nitrogens with two attached hydrogens (primary N) is 1. The molecule has 1 aromatic carbocycles. The molecule has 1 aliphatic heterocycles. The highest BCUT2D eigenvalue weighted by Gasteiger charge is 2.24. The first-order valence-corrected chi connectivity index (χ1v) is 11.2. The summed E-state index contributed by atoms with van der Waals surface area (Å²) in [6.45, 7) is 7.04. The Morgan fingerprint density at radius 2 is 1.72 bits per heavy atom. The van der Waals surface area contributed by atoms with Gasteiger partial charge in [0.05, 0.1) is 25.6 Å². The van der Waals surface area contributed by atoms with Gasteiger partial charge in [-0.05, 0) is 57.5 Å². The van der Waals surface area contributed by atoms with E-state index in [-0.39, 0.29) is 12.6 Å². The number of carbonyl (C=O) groups excluding carboxylic acids is 1. The topological polar surface area (TPSA) is 112 Å². The van der Waals surface area contributed by atoms with Gasteiger partial charge in [0.25, 0.3) is 5.91 Å². The Morgan fingerprint density at radius 3 is 2.25 bits per heavy atom. The van der Waals surface area contributed by atoms with Crippen molar-refractivity contribution in [3.05, 3.63) is 35.1 Å². The lowest BCUT2D eigenvalue weighted by Crippen LogP contribution is -2.43. The van der Waals surface area contributed by atoms with Crippen LogP contribution in [0.3, 0.4) is 0 Å². The molecule has 0 saturated carbocycles. The molecule has 0 atom stereocenters. The van der Waals surface area contributed by atoms with Gasteiger partial charge in [0.15, 0.2) is 12.4 Å². The van der Waals surface area contributed by atoms with Crippen molar-refractivity contribution in [3.63, 3.8) is 0 Å². The van der Waals surface area contributed by atoms with Crippen molar-refractivity contribution in [2.24, 2.45) is 5.73 Å². The van der Waals surface area contributed by atoms with Crippen LogP contribution < -0.4 is 30.2 Å². The van der Waals surface area contributed by atoms with E-state index in [0.717, 1.165) is 31.5 Å². The predicted molar refractivity (Wildman–Crippen MR) is 123 cm³/mol. The molecule has 0 bridgehead atoms. The maximum atomic E-state index is 10.9. The number of piperidine rings is 1. The van der Waals surface area contributed by atoms with E-state index < -0.39 is 5.91 Å². The summed E-state index contributed by atoms with van der Waals surface area (Å²) in [5, 5.41) is 3.86. The number of anilines is 1. The number of aromatic nitrogens is 2. The second-order valence-corrected chi connectivity index (χ2v) is 7.73. The molecule has 0 aliphatic carbocycles. The molecule has 9 nitrogen and oxygen atoms in total. The monoisotopic (exact) mass is 463 g/mol. The first-order chi connectivity index (χ1) is 15.5. The van der Waals surface area contributed by atoms with Gasteiger partial charge in [-0.2, -0.15) is 0 Å². The van der Waals surface area contributed by atoms with E-state index in [1.54, 1.807) is 12.4 Å². The van der Waals surface area contributed by atoms with E-state index in [1.807, 2.05) is 26.0 Å². The zero-order chi connectivity index (χ0) is 22.9. The Kier molecular flexibility index (Phi) is 8.75. The van der Waals surface area contributed by atoms with E-state index in [9.17, 15) is 4.79 Å². The maximum Gasteiger partial charge on any atom is 0.255 e. The zero-order valence-electron chi connectivity index (χ0n) is 18.5. The Balaban J connectivity index is 1.89. The summed E-state index contributed by atoms with van der Waals surface area (Å²) >= 11 is 6.47. The number of benzene rings is 1. The van der Waals surface area contributed by atoms with E-state index in [1.165, 1.54) is 0 Å². The van der Waals surface area contributed by atoms with E-state index >= 15 is 0 Å². The second-order valence-electron chi connectivity index (χ2n) is 7.35. The highest BCUT2D eigenvalue weighted by Crippen LogP contribution is 2.37. The molecular formula is C22H30ClN5O4. The van der Waals surface area contributed by atoms with Crippen LogP contribution in [0.5, 0.6) is 17.2 Å². The minimum absolute atomic E-state index is 0.216. The Bertz CT molecular complexity index is 863. The number of nitrogens with one attached hydrogen (secondary N) is 1. The van der Waals surface area contributed by atoms with Gasteiger partial charge in [0.2, 0.25) is 5.95 Å². The maximum absolute atomic E-state index is 10.9. The third-order valence-electron chi connectivity index (χ3n) is 5.02. The number of ether oxygens (including phenoxy) is 3. The van der Waals surface area contributed by atoms with E-state index in [0.29, 0.717) is 48.0 Å². The van der Waals surface area contributed by atoms with Crippen LogP contribution >= 0.6 is 11.6 Å². The number of rotatable bonds is 11. The summed E-state index contributed by atoms with van der Waals surface area (Å²) in [7, 11) is 0. The first-order valence-electron chi connectivity index (χ1n) is 10.8. The minimum atomic E-state index is -0.552. The van der Waals surface area contributed by atoms with Gasteiger partial charge in [0, 0.05) is 12.6 Å². The number of carbonyl (C=O) groups is 1. The van der Waals surface area contributed by atoms with Crippen LogP contribution in [-0.4, -0.2) is 54.8 Å². The van der Waals surface area contributed by atoms with Gasteiger partial charge in [0.1, 0.15) is 16.5 Å². The van der Waals surface area contributed by atoms with E-state index in [4.69, 9.17) is 31.5 Å². The Morgan fingerprint density at radius 1 is 1.12 bits per heavy atom. The molecule has 0 radical (unpaired) electrons. The molecule has 1 saturated heterocycles. The quantitative estimate of drug-likeness (QED) is 0.523. The van der Waals surface area contributed by atoms with Crippen molar-refractivity contribution in [2.75, 3.05) is 37.8 Å². The number of amides is 1. The summed E-state index contributed by atoms with van der Waals surface area (Å²) in [5.41, 5.74) is 6.11. The molecule has 1 amide bonds. The SMILES string of the molecule is CCOc1cc(CN(c2ncc(OCC(N)=O)cn2)C2CCNCC2)cc(OCC)c1Cl. The molecule has 10 heteroatoms. The summed E-state index contributed by atoms with van der Waals surface area (Å²) in [5.74, 6) is 1.60. The van der Waals surface area contributed by atoms with Crippen molar-refractivity contribution < 1.29 is 19.0 Å². The molecule has 32 heavy (non-hydrogen) atoms. The van der Waals surface area contributed by atoms with Gasteiger partial charge in [-0.15, -0.1) is 0 Å². The van der Waals surface area contributed by atoms with Crippen LogP contribution in [0, 0.1) is 0 Å². The Hall–Kier alpha value is -2.78. The van der Waals surface area contributed by atoms with Crippen LogP contribution in [-0.2, 0) is 11.3 Å². The molecule has 0 spiro atoms. The van der Waals surface area contributed by atoms with Gasteiger partial charge in [-0.1, -0.05) is 11.6 Å². The number of nitrogens with zero attached hydrogens (tertiary/aromatic N) is 3. The number of primary amides is 1. The summed E-state index contributed by atoms with van der Waals surface area (Å²) in [6.07, 6.45) is 5.04. The third kappa shape index (κ3) is 6.37. The van der Waals surface area contributed by atoms with Gasteiger partial charge in [-0.3, -0.25) is 4.79 Å². The average Bonchev–Trinajstić information content (AvgIpc) is 2.80. The van der Waals surface area contributed by atoms with E-state index in [2.05, 4.69) is 20.2 Å². The normalized spacial score (nSPS) is 14.1. The van der Waals surface area contributed by atoms with Gasteiger partial charge in [-0.25, -0.2) is 9.97 Å². The second kappa shape index (κ2) is 11.7. The third-order valence-corrected chi connectivity index (χ3v) is 5.39. The van der Waals surface area contributed by atoms with Crippen molar-refractivity contribution in [2.45, 2.75) is 39.3 Å². The molecular weight excluding hydrogens is 434 g/mol. The van der Waals surface area contributed by atoms with Crippen LogP contribution in [0.1, 0.15) is 32.3 Å². The molecule has 3 N–H and O–H groups in total. The van der Waals surface area contributed by atoms with Crippen LogP contribution in [0.4, 0.5) is 5.95 Å². The largest absolute Gasteiger partial charge is 0.492 e. The van der Waals surface area contributed by atoms with Gasteiger partial charge < -0.3 is 30.2 Å². The molecule has 0 unspecified atom stereocenters.